The Balaban J connectivity index is 1.92. The molecule has 0 radical (unpaired) electrons. The van der Waals surface area contributed by atoms with Crippen LogP contribution in [0.15, 0.2) is 77.6 Å². The second-order valence-electron chi connectivity index (χ2n) is 6.55. The molecule has 4 aromatic rings. The van der Waals surface area contributed by atoms with Gasteiger partial charge in [0.25, 0.3) is 16.9 Å². The Morgan fingerprint density at radius 2 is 1.48 bits per heavy atom. The fourth-order valence-corrected chi connectivity index (χ4v) is 3.19. The van der Waals surface area contributed by atoms with Gasteiger partial charge in [-0.25, -0.2) is 4.98 Å². The fraction of sp³-hybridized carbons (Fsp3) is 0. The Morgan fingerprint density at radius 1 is 0.806 bits per heavy atom. The number of hydrogen-bond acceptors (Lipinski definition) is 6. The van der Waals surface area contributed by atoms with Crippen LogP contribution in [0.1, 0.15) is 11.4 Å². The predicted molar refractivity (Wildman–Crippen MR) is 116 cm³/mol. The zero-order valence-electron chi connectivity index (χ0n) is 15.9. The monoisotopic (exact) mass is 414 g/mol. The van der Waals surface area contributed by atoms with Crippen molar-refractivity contribution in [3.05, 3.63) is 115 Å². The normalized spacial score (nSPS) is 11.1. The number of nitro benzene ring substituents is 2. The molecule has 9 heteroatoms. The second kappa shape index (κ2) is 7.99. The molecule has 0 aliphatic carbocycles. The quantitative estimate of drug-likeness (QED) is 0.353. The SMILES string of the molecule is O=c1c2ccccc2nc(C=Cc2ccccc2[N+](=O)[O-])n1-c1ccc([N+](=O)[O-])cc1. The number of rotatable bonds is 5. The Hall–Kier alpha value is -4.66. The molecule has 0 atom stereocenters. The van der Waals surface area contributed by atoms with E-state index in [1.165, 1.54) is 47.1 Å². The van der Waals surface area contributed by atoms with E-state index in [1.54, 1.807) is 42.5 Å². The van der Waals surface area contributed by atoms with Crippen molar-refractivity contribution in [1.82, 2.24) is 9.55 Å². The van der Waals surface area contributed by atoms with E-state index < -0.39 is 9.85 Å². The van der Waals surface area contributed by atoms with Gasteiger partial charge in [0.1, 0.15) is 5.82 Å². The Morgan fingerprint density at radius 3 is 2.19 bits per heavy atom. The molecule has 0 saturated carbocycles. The summed E-state index contributed by atoms with van der Waals surface area (Å²) in [5.41, 5.74) is 0.655. The van der Waals surface area contributed by atoms with Crippen molar-refractivity contribution in [2.75, 3.05) is 0 Å². The molecule has 0 fully saturated rings. The third-order valence-electron chi connectivity index (χ3n) is 4.67. The smallest absolute Gasteiger partial charge is 0.268 e. The average Bonchev–Trinajstić information content (AvgIpc) is 2.78. The fourth-order valence-electron chi connectivity index (χ4n) is 3.19. The topological polar surface area (TPSA) is 121 Å². The third kappa shape index (κ3) is 3.79. The van der Waals surface area contributed by atoms with Crippen molar-refractivity contribution >= 4 is 34.4 Å². The molecule has 0 bridgehead atoms. The number of nitro groups is 2. The molecule has 1 heterocycles. The zero-order valence-corrected chi connectivity index (χ0v) is 15.9. The van der Waals surface area contributed by atoms with Crippen molar-refractivity contribution < 1.29 is 9.85 Å². The van der Waals surface area contributed by atoms with E-state index >= 15 is 0 Å². The third-order valence-corrected chi connectivity index (χ3v) is 4.67. The highest BCUT2D eigenvalue weighted by Crippen LogP contribution is 2.22. The maximum Gasteiger partial charge on any atom is 0.276 e. The summed E-state index contributed by atoms with van der Waals surface area (Å²) >= 11 is 0. The van der Waals surface area contributed by atoms with Gasteiger partial charge in [-0.2, -0.15) is 0 Å². The Bertz CT molecular complexity index is 1410. The summed E-state index contributed by atoms with van der Waals surface area (Å²) in [5, 5.41) is 22.6. The molecular weight excluding hydrogens is 400 g/mol. The van der Waals surface area contributed by atoms with Gasteiger partial charge in [0.2, 0.25) is 0 Å². The van der Waals surface area contributed by atoms with Crippen molar-refractivity contribution in [2.24, 2.45) is 0 Å². The summed E-state index contributed by atoms with van der Waals surface area (Å²) < 4.78 is 1.32. The lowest BCUT2D eigenvalue weighted by atomic mass is 10.1. The van der Waals surface area contributed by atoms with Crippen molar-refractivity contribution in [3.8, 4) is 5.69 Å². The highest BCUT2D eigenvalue weighted by molar-refractivity contribution is 5.80. The van der Waals surface area contributed by atoms with Crippen LogP contribution in [0.25, 0.3) is 28.7 Å². The van der Waals surface area contributed by atoms with Crippen LogP contribution < -0.4 is 5.56 Å². The number of hydrogen-bond donors (Lipinski definition) is 0. The number of fused-ring (bicyclic) bond motifs is 1. The summed E-state index contributed by atoms with van der Waals surface area (Å²) in [4.78, 5) is 39.0. The average molecular weight is 414 g/mol. The van der Waals surface area contributed by atoms with E-state index in [0.717, 1.165) is 0 Å². The van der Waals surface area contributed by atoms with Crippen LogP contribution in [0.2, 0.25) is 0 Å². The summed E-state index contributed by atoms with van der Waals surface area (Å²) in [6.07, 6.45) is 3.02. The minimum Gasteiger partial charge on any atom is -0.268 e. The Kier molecular flexibility index (Phi) is 5.07. The van der Waals surface area contributed by atoms with E-state index in [4.69, 9.17) is 0 Å². The molecule has 4 rings (SSSR count). The molecule has 0 saturated heterocycles. The molecule has 0 amide bonds. The lowest BCUT2D eigenvalue weighted by Crippen LogP contribution is -2.22. The molecule has 0 unspecified atom stereocenters. The first-order valence-electron chi connectivity index (χ1n) is 9.14. The number of nitrogens with zero attached hydrogens (tertiary/aromatic N) is 4. The highest BCUT2D eigenvalue weighted by atomic mass is 16.6. The maximum absolute atomic E-state index is 13.2. The summed E-state index contributed by atoms with van der Waals surface area (Å²) in [5.74, 6) is 0.232. The number of para-hydroxylation sites is 2. The van der Waals surface area contributed by atoms with E-state index in [1.807, 2.05) is 0 Å². The van der Waals surface area contributed by atoms with Gasteiger partial charge in [-0.1, -0.05) is 24.3 Å². The molecule has 1 aromatic heterocycles. The van der Waals surface area contributed by atoms with Crippen molar-refractivity contribution in [2.45, 2.75) is 0 Å². The molecule has 9 nitrogen and oxygen atoms in total. The minimum absolute atomic E-state index is 0.0798. The maximum atomic E-state index is 13.2. The van der Waals surface area contributed by atoms with Gasteiger partial charge in [-0.3, -0.25) is 29.6 Å². The van der Waals surface area contributed by atoms with E-state index in [-0.39, 0.29) is 22.8 Å². The number of benzene rings is 3. The van der Waals surface area contributed by atoms with Crippen LogP contribution >= 0.6 is 0 Å². The molecule has 0 aliphatic rings. The molecule has 0 N–H and O–H groups in total. The second-order valence-corrected chi connectivity index (χ2v) is 6.55. The van der Waals surface area contributed by atoms with Crippen LogP contribution in [0.4, 0.5) is 11.4 Å². The van der Waals surface area contributed by atoms with Gasteiger partial charge in [0.15, 0.2) is 0 Å². The number of non-ortho nitro benzene ring substituents is 1. The summed E-state index contributed by atoms with van der Waals surface area (Å²) in [6, 6.07) is 18.5. The van der Waals surface area contributed by atoms with Crippen LogP contribution in [0.3, 0.4) is 0 Å². The molecule has 3 aromatic carbocycles. The molecule has 0 spiro atoms. The highest BCUT2D eigenvalue weighted by Gasteiger charge is 2.14. The molecule has 0 aliphatic heterocycles. The van der Waals surface area contributed by atoms with Gasteiger partial charge in [0.05, 0.1) is 32.0 Å². The lowest BCUT2D eigenvalue weighted by molar-refractivity contribution is -0.385. The van der Waals surface area contributed by atoms with Gasteiger partial charge in [-0.05, 0) is 42.5 Å². The Labute approximate surface area is 174 Å². The zero-order chi connectivity index (χ0) is 22.0. The van der Waals surface area contributed by atoms with Gasteiger partial charge >= 0.3 is 0 Å². The molecule has 31 heavy (non-hydrogen) atoms. The van der Waals surface area contributed by atoms with E-state index in [0.29, 0.717) is 22.2 Å². The van der Waals surface area contributed by atoms with Crippen LogP contribution in [0, 0.1) is 20.2 Å². The first kappa shape index (κ1) is 19.6. The molecular formula is C22H14N4O5. The van der Waals surface area contributed by atoms with Crippen LogP contribution in [0.5, 0.6) is 0 Å². The van der Waals surface area contributed by atoms with Crippen molar-refractivity contribution in [1.29, 1.82) is 0 Å². The molecule has 152 valence electrons. The standard InChI is InChI=1S/C22H14N4O5/c27-22-18-6-2-3-7-19(18)23-21(14-9-15-5-1-4-8-20(15)26(30)31)24(22)16-10-12-17(13-11-16)25(28)29/h1-14H. The minimum atomic E-state index is -0.527. The van der Waals surface area contributed by atoms with Crippen LogP contribution in [-0.4, -0.2) is 19.4 Å². The van der Waals surface area contributed by atoms with Crippen molar-refractivity contribution in [3.63, 3.8) is 0 Å². The number of aromatic nitrogens is 2. The summed E-state index contributed by atoms with van der Waals surface area (Å²) in [6.45, 7) is 0. The largest absolute Gasteiger partial charge is 0.276 e. The lowest BCUT2D eigenvalue weighted by Gasteiger charge is -2.11. The van der Waals surface area contributed by atoms with E-state index in [9.17, 15) is 25.0 Å². The van der Waals surface area contributed by atoms with Gasteiger partial charge in [-0.15, -0.1) is 0 Å². The van der Waals surface area contributed by atoms with Gasteiger partial charge < -0.3 is 0 Å². The van der Waals surface area contributed by atoms with Gasteiger partial charge in [0, 0.05) is 18.2 Å². The van der Waals surface area contributed by atoms with Crippen LogP contribution in [-0.2, 0) is 0 Å². The first-order chi connectivity index (χ1) is 15.0. The van der Waals surface area contributed by atoms with E-state index in [2.05, 4.69) is 4.98 Å². The predicted octanol–water partition coefficient (Wildman–Crippen LogP) is 4.37. The first-order valence-corrected chi connectivity index (χ1v) is 9.14. The summed E-state index contributed by atoms with van der Waals surface area (Å²) in [7, 11) is 0.